The van der Waals surface area contributed by atoms with Gasteiger partial charge in [-0.1, -0.05) is 5.16 Å². The Balaban J connectivity index is 1.73. The molecule has 3 heterocycles. The number of carbonyl (C=O) groups excluding carboxylic acids is 1. The zero-order chi connectivity index (χ0) is 14.1. The van der Waals surface area contributed by atoms with Crippen LogP contribution in [0.2, 0.25) is 0 Å². The Kier molecular flexibility index (Phi) is 3.30. The zero-order valence-corrected chi connectivity index (χ0v) is 11.7. The van der Waals surface area contributed by atoms with Crippen LogP contribution in [0, 0.1) is 13.8 Å². The van der Waals surface area contributed by atoms with Crippen LogP contribution in [-0.2, 0) is 0 Å². The van der Waals surface area contributed by atoms with Crippen molar-refractivity contribution < 1.29 is 9.32 Å². The van der Waals surface area contributed by atoms with E-state index in [4.69, 9.17) is 4.52 Å². The molecule has 0 bridgehead atoms. The number of piperidine rings is 1. The average Bonchev–Trinajstić information content (AvgIpc) is 3.07. The van der Waals surface area contributed by atoms with Gasteiger partial charge in [0.2, 0.25) is 5.76 Å². The number of carbonyl (C=O) groups is 1. The lowest BCUT2D eigenvalue weighted by molar-refractivity contribution is 0.0664. The smallest absolute Gasteiger partial charge is 0.292 e. The van der Waals surface area contributed by atoms with Crippen molar-refractivity contribution in [1.29, 1.82) is 0 Å². The van der Waals surface area contributed by atoms with Crippen molar-refractivity contribution >= 4 is 5.91 Å². The number of nitrogens with zero attached hydrogens (tertiary/aromatic N) is 3. The van der Waals surface area contributed by atoms with Gasteiger partial charge in [-0.25, -0.2) is 0 Å². The lowest BCUT2D eigenvalue weighted by Crippen LogP contribution is -2.39. The summed E-state index contributed by atoms with van der Waals surface area (Å²) >= 11 is 0. The predicted octanol–water partition coefficient (Wildman–Crippen LogP) is 2.03. The third kappa shape index (κ3) is 2.45. The minimum absolute atomic E-state index is 0.0810. The molecule has 0 saturated carbocycles. The lowest BCUT2D eigenvalue weighted by atomic mass is 9.94. The highest BCUT2D eigenvalue weighted by Crippen LogP contribution is 2.26. The molecule has 1 atom stereocenters. The van der Waals surface area contributed by atoms with Gasteiger partial charge in [0.15, 0.2) is 0 Å². The fourth-order valence-electron chi connectivity index (χ4n) is 2.67. The predicted molar refractivity (Wildman–Crippen MR) is 72.4 cm³/mol. The van der Waals surface area contributed by atoms with Crippen molar-refractivity contribution in [1.82, 2.24) is 20.3 Å². The molecule has 1 aliphatic rings. The monoisotopic (exact) mass is 274 g/mol. The Morgan fingerprint density at radius 1 is 1.45 bits per heavy atom. The maximum Gasteiger partial charge on any atom is 0.292 e. The summed E-state index contributed by atoms with van der Waals surface area (Å²) in [4.78, 5) is 14.2. The second-order valence-corrected chi connectivity index (χ2v) is 5.40. The van der Waals surface area contributed by atoms with E-state index in [1.54, 1.807) is 6.07 Å². The molecule has 2 aromatic rings. The molecule has 0 radical (unpaired) electrons. The Hall–Kier alpha value is -2.11. The van der Waals surface area contributed by atoms with Crippen molar-refractivity contribution in [2.24, 2.45) is 0 Å². The first-order valence-corrected chi connectivity index (χ1v) is 6.88. The van der Waals surface area contributed by atoms with Crippen LogP contribution >= 0.6 is 0 Å². The van der Waals surface area contributed by atoms with Gasteiger partial charge in [-0.3, -0.25) is 9.89 Å². The molecule has 1 fully saturated rings. The number of aryl methyl sites for hydroxylation is 2. The van der Waals surface area contributed by atoms with Gasteiger partial charge in [0.25, 0.3) is 5.91 Å². The highest BCUT2D eigenvalue weighted by molar-refractivity contribution is 5.91. The summed E-state index contributed by atoms with van der Waals surface area (Å²) in [5.74, 6) is 0.533. The largest absolute Gasteiger partial charge is 0.351 e. The summed E-state index contributed by atoms with van der Waals surface area (Å²) in [6, 6.07) is 3.74. The number of rotatable bonds is 2. The zero-order valence-electron chi connectivity index (χ0n) is 11.7. The van der Waals surface area contributed by atoms with Crippen LogP contribution in [-0.4, -0.2) is 39.3 Å². The number of amides is 1. The normalized spacial score (nSPS) is 19.3. The molecule has 0 aromatic carbocycles. The van der Waals surface area contributed by atoms with Crippen molar-refractivity contribution in [3.63, 3.8) is 0 Å². The van der Waals surface area contributed by atoms with Gasteiger partial charge in [-0.05, 0) is 32.8 Å². The molecule has 0 spiro atoms. The van der Waals surface area contributed by atoms with E-state index in [-0.39, 0.29) is 5.91 Å². The standard InChI is InChI=1S/C14H18N4O2/c1-9-6-12(16-15-9)11-4-3-5-18(8-11)14(19)13-7-10(2)17-20-13/h6-7,11H,3-5,8H2,1-2H3,(H,15,16)/t11-/m0/s1. The van der Waals surface area contributed by atoms with Crippen LogP contribution < -0.4 is 0 Å². The number of H-pyrrole nitrogens is 1. The molecule has 0 unspecified atom stereocenters. The third-order valence-electron chi connectivity index (χ3n) is 3.69. The molecule has 6 nitrogen and oxygen atoms in total. The fourth-order valence-corrected chi connectivity index (χ4v) is 2.67. The van der Waals surface area contributed by atoms with E-state index in [2.05, 4.69) is 21.4 Å². The number of nitrogens with one attached hydrogen (secondary N) is 1. The van der Waals surface area contributed by atoms with Crippen LogP contribution in [0.1, 0.15) is 46.4 Å². The first-order chi connectivity index (χ1) is 9.63. The second-order valence-electron chi connectivity index (χ2n) is 5.40. The van der Waals surface area contributed by atoms with Gasteiger partial charge in [-0.15, -0.1) is 0 Å². The van der Waals surface area contributed by atoms with E-state index >= 15 is 0 Å². The van der Waals surface area contributed by atoms with Crippen LogP contribution in [0.3, 0.4) is 0 Å². The SMILES string of the molecule is Cc1cc(C(=O)N2CCC[C@H](c3cc(C)[nH]n3)C2)on1. The number of aromatic amines is 1. The quantitative estimate of drug-likeness (QED) is 0.909. The van der Waals surface area contributed by atoms with Crippen molar-refractivity contribution in [3.8, 4) is 0 Å². The lowest BCUT2D eigenvalue weighted by Gasteiger charge is -2.31. The van der Waals surface area contributed by atoms with Crippen molar-refractivity contribution in [3.05, 3.63) is 35.0 Å². The van der Waals surface area contributed by atoms with Crippen LogP contribution in [0.15, 0.2) is 16.7 Å². The van der Waals surface area contributed by atoms with Crippen molar-refractivity contribution in [2.45, 2.75) is 32.6 Å². The van der Waals surface area contributed by atoms with Gasteiger partial charge in [0.05, 0.1) is 11.4 Å². The van der Waals surface area contributed by atoms with E-state index in [0.717, 1.165) is 36.5 Å². The Labute approximate surface area is 117 Å². The molecule has 1 amide bonds. The molecular formula is C14H18N4O2. The summed E-state index contributed by atoms with van der Waals surface area (Å²) in [7, 11) is 0. The number of likely N-dealkylation sites (tertiary alicyclic amines) is 1. The fraction of sp³-hybridized carbons (Fsp3) is 0.500. The van der Waals surface area contributed by atoms with Crippen LogP contribution in [0.5, 0.6) is 0 Å². The first kappa shape index (κ1) is 12.9. The van der Waals surface area contributed by atoms with Crippen molar-refractivity contribution in [2.75, 3.05) is 13.1 Å². The topological polar surface area (TPSA) is 75.0 Å². The highest BCUT2D eigenvalue weighted by Gasteiger charge is 2.28. The first-order valence-electron chi connectivity index (χ1n) is 6.88. The van der Waals surface area contributed by atoms with E-state index in [1.807, 2.05) is 18.7 Å². The van der Waals surface area contributed by atoms with Gasteiger partial charge in [0.1, 0.15) is 0 Å². The molecule has 20 heavy (non-hydrogen) atoms. The molecule has 2 aromatic heterocycles. The molecule has 6 heteroatoms. The molecule has 0 aliphatic carbocycles. The molecule has 3 rings (SSSR count). The maximum absolute atomic E-state index is 12.4. The molecular weight excluding hydrogens is 256 g/mol. The average molecular weight is 274 g/mol. The summed E-state index contributed by atoms with van der Waals surface area (Å²) < 4.78 is 5.06. The minimum Gasteiger partial charge on any atom is -0.351 e. The summed E-state index contributed by atoms with van der Waals surface area (Å²) in [5, 5.41) is 11.0. The number of hydrogen-bond donors (Lipinski definition) is 1. The van der Waals surface area contributed by atoms with E-state index in [1.165, 1.54) is 0 Å². The summed E-state index contributed by atoms with van der Waals surface area (Å²) in [5.41, 5.74) is 2.81. The molecule has 1 aliphatic heterocycles. The van der Waals surface area contributed by atoms with Crippen LogP contribution in [0.25, 0.3) is 0 Å². The third-order valence-corrected chi connectivity index (χ3v) is 3.69. The van der Waals surface area contributed by atoms with E-state index < -0.39 is 0 Å². The van der Waals surface area contributed by atoms with Gasteiger partial charge in [0, 0.05) is 30.8 Å². The van der Waals surface area contributed by atoms with Crippen LogP contribution in [0.4, 0.5) is 0 Å². The summed E-state index contributed by atoms with van der Waals surface area (Å²) in [6.07, 6.45) is 2.04. The van der Waals surface area contributed by atoms with Gasteiger partial charge < -0.3 is 9.42 Å². The maximum atomic E-state index is 12.4. The Bertz CT molecular complexity index is 616. The van der Waals surface area contributed by atoms with Gasteiger partial charge >= 0.3 is 0 Å². The van der Waals surface area contributed by atoms with Gasteiger partial charge in [-0.2, -0.15) is 5.10 Å². The Morgan fingerprint density at radius 2 is 2.30 bits per heavy atom. The molecule has 1 N–H and O–H groups in total. The summed E-state index contributed by atoms with van der Waals surface area (Å²) in [6.45, 7) is 5.24. The minimum atomic E-state index is -0.0810. The molecule has 106 valence electrons. The highest BCUT2D eigenvalue weighted by atomic mass is 16.5. The van der Waals surface area contributed by atoms with E-state index in [0.29, 0.717) is 18.2 Å². The number of hydrogen-bond acceptors (Lipinski definition) is 4. The van der Waals surface area contributed by atoms with E-state index in [9.17, 15) is 4.79 Å². The molecule has 1 saturated heterocycles. The second kappa shape index (κ2) is 5.11. The Morgan fingerprint density at radius 3 is 2.95 bits per heavy atom. The number of aromatic nitrogens is 3.